The van der Waals surface area contributed by atoms with Crippen molar-refractivity contribution in [2.24, 2.45) is 11.5 Å². The van der Waals surface area contributed by atoms with Gasteiger partial charge in [0.25, 0.3) is 5.91 Å². The topological polar surface area (TPSA) is 116 Å². The van der Waals surface area contributed by atoms with Crippen LogP contribution in [0.25, 0.3) is 0 Å². The number of hydrogen-bond acceptors (Lipinski definition) is 4. The standard InChI is InChI=1S/C8H13N5O2/c1-5(7(14)12-8(10)15)13-4-6(2-9)3-11-13/h3-5H,2,9H2,1H3,(H3,10,12,14,15). The molecule has 5 N–H and O–H groups in total. The van der Waals surface area contributed by atoms with Crippen LogP contribution in [0, 0.1) is 0 Å². The average molecular weight is 211 g/mol. The number of urea groups is 1. The first-order valence-electron chi connectivity index (χ1n) is 4.38. The molecule has 1 heterocycles. The molecule has 1 atom stereocenters. The van der Waals surface area contributed by atoms with Crippen molar-refractivity contribution in [1.29, 1.82) is 0 Å². The molecular formula is C8H13N5O2. The molecule has 1 aromatic rings. The Labute approximate surface area is 86.4 Å². The summed E-state index contributed by atoms with van der Waals surface area (Å²) in [6, 6.07) is -1.48. The van der Waals surface area contributed by atoms with Gasteiger partial charge in [0.2, 0.25) is 0 Å². The van der Waals surface area contributed by atoms with Gasteiger partial charge in [-0.3, -0.25) is 14.8 Å². The van der Waals surface area contributed by atoms with E-state index < -0.39 is 18.0 Å². The third kappa shape index (κ3) is 2.78. The van der Waals surface area contributed by atoms with Gasteiger partial charge in [-0.2, -0.15) is 5.10 Å². The zero-order valence-corrected chi connectivity index (χ0v) is 8.30. The van der Waals surface area contributed by atoms with Crippen LogP contribution in [0.1, 0.15) is 18.5 Å². The molecule has 1 aromatic heterocycles. The fourth-order valence-electron chi connectivity index (χ4n) is 1.04. The first-order chi connectivity index (χ1) is 7.04. The van der Waals surface area contributed by atoms with Crippen LogP contribution in [0.15, 0.2) is 12.4 Å². The highest BCUT2D eigenvalue weighted by Crippen LogP contribution is 2.05. The van der Waals surface area contributed by atoms with Crippen molar-refractivity contribution in [2.75, 3.05) is 0 Å². The van der Waals surface area contributed by atoms with Gasteiger partial charge in [0.05, 0.1) is 6.20 Å². The quantitative estimate of drug-likeness (QED) is 0.600. The molecule has 0 aromatic carbocycles. The minimum Gasteiger partial charge on any atom is -0.351 e. The molecule has 0 bridgehead atoms. The molecule has 0 saturated heterocycles. The largest absolute Gasteiger partial charge is 0.351 e. The smallest absolute Gasteiger partial charge is 0.318 e. The Morgan fingerprint density at radius 2 is 2.33 bits per heavy atom. The Hall–Kier alpha value is -1.89. The summed E-state index contributed by atoms with van der Waals surface area (Å²) in [6.07, 6.45) is 3.21. The average Bonchev–Trinajstić information content (AvgIpc) is 2.63. The summed E-state index contributed by atoms with van der Waals surface area (Å²) < 4.78 is 1.42. The van der Waals surface area contributed by atoms with E-state index >= 15 is 0 Å². The second kappa shape index (κ2) is 4.56. The lowest BCUT2D eigenvalue weighted by Gasteiger charge is -2.10. The Morgan fingerprint density at radius 3 is 2.80 bits per heavy atom. The molecule has 3 amide bonds. The van der Waals surface area contributed by atoms with Crippen molar-refractivity contribution in [1.82, 2.24) is 15.1 Å². The van der Waals surface area contributed by atoms with Crippen LogP contribution >= 0.6 is 0 Å². The van der Waals surface area contributed by atoms with E-state index in [2.05, 4.69) is 5.10 Å². The van der Waals surface area contributed by atoms with Gasteiger partial charge < -0.3 is 11.5 Å². The van der Waals surface area contributed by atoms with Crippen LogP contribution in [-0.2, 0) is 11.3 Å². The normalized spacial score (nSPS) is 12.1. The zero-order chi connectivity index (χ0) is 11.4. The van der Waals surface area contributed by atoms with Crippen molar-refractivity contribution in [2.45, 2.75) is 19.5 Å². The molecule has 0 aliphatic carbocycles. The van der Waals surface area contributed by atoms with Gasteiger partial charge >= 0.3 is 6.03 Å². The van der Waals surface area contributed by atoms with E-state index in [9.17, 15) is 9.59 Å². The van der Waals surface area contributed by atoms with Crippen LogP contribution in [0.5, 0.6) is 0 Å². The number of imide groups is 1. The number of rotatable bonds is 3. The predicted molar refractivity (Wildman–Crippen MR) is 52.6 cm³/mol. The van der Waals surface area contributed by atoms with Gasteiger partial charge in [-0.1, -0.05) is 0 Å². The SMILES string of the molecule is CC(C(=O)NC(N)=O)n1cc(CN)cn1. The van der Waals surface area contributed by atoms with Crippen molar-refractivity contribution in [3.8, 4) is 0 Å². The zero-order valence-electron chi connectivity index (χ0n) is 8.30. The summed E-state index contributed by atoms with van der Waals surface area (Å²) in [7, 11) is 0. The van der Waals surface area contributed by atoms with Crippen molar-refractivity contribution in [3.63, 3.8) is 0 Å². The molecule has 1 unspecified atom stereocenters. The lowest BCUT2D eigenvalue weighted by atomic mass is 10.3. The van der Waals surface area contributed by atoms with Crippen LogP contribution in [0.2, 0.25) is 0 Å². The summed E-state index contributed by atoms with van der Waals surface area (Å²) in [5.74, 6) is -0.505. The third-order valence-corrected chi connectivity index (χ3v) is 1.91. The second-order valence-corrected chi connectivity index (χ2v) is 3.06. The van der Waals surface area contributed by atoms with Gasteiger partial charge in [-0.25, -0.2) is 4.79 Å². The number of nitrogens with one attached hydrogen (secondary N) is 1. The number of nitrogens with two attached hydrogens (primary N) is 2. The van der Waals surface area contributed by atoms with Crippen molar-refractivity contribution >= 4 is 11.9 Å². The van der Waals surface area contributed by atoms with Crippen LogP contribution in [-0.4, -0.2) is 21.7 Å². The lowest BCUT2D eigenvalue weighted by Crippen LogP contribution is -2.39. The molecule has 0 radical (unpaired) electrons. The van der Waals surface area contributed by atoms with Gasteiger partial charge in [-0.15, -0.1) is 0 Å². The van der Waals surface area contributed by atoms with E-state index in [1.165, 1.54) is 4.68 Å². The monoisotopic (exact) mass is 211 g/mol. The highest BCUT2D eigenvalue weighted by Gasteiger charge is 2.16. The first kappa shape index (κ1) is 11.2. The molecule has 7 heteroatoms. The maximum Gasteiger partial charge on any atom is 0.318 e. The van der Waals surface area contributed by atoms with Gasteiger partial charge in [0.15, 0.2) is 0 Å². The summed E-state index contributed by atoms with van der Waals surface area (Å²) in [6.45, 7) is 1.95. The van der Waals surface area contributed by atoms with E-state index in [1.807, 2.05) is 5.32 Å². The summed E-state index contributed by atoms with van der Waals surface area (Å²) in [5, 5.41) is 5.92. The lowest BCUT2D eigenvalue weighted by molar-refractivity contribution is -0.122. The Balaban J connectivity index is 2.71. The predicted octanol–water partition coefficient (Wildman–Crippen LogP) is -0.902. The van der Waals surface area contributed by atoms with Crippen molar-refractivity contribution in [3.05, 3.63) is 18.0 Å². The third-order valence-electron chi connectivity index (χ3n) is 1.91. The van der Waals surface area contributed by atoms with E-state index in [0.29, 0.717) is 6.54 Å². The van der Waals surface area contributed by atoms with Crippen LogP contribution in [0.3, 0.4) is 0 Å². The number of aromatic nitrogens is 2. The molecule has 7 nitrogen and oxygen atoms in total. The maximum atomic E-state index is 11.3. The molecule has 82 valence electrons. The molecule has 1 rings (SSSR count). The summed E-state index contributed by atoms with van der Waals surface area (Å²) in [5.41, 5.74) is 11.0. The van der Waals surface area contributed by atoms with Crippen LogP contribution < -0.4 is 16.8 Å². The molecular weight excluding hydrogens is 198 g/mol. The number of amides is 3. The summed E-state index contributed by atoms with van der Waals surface area (Å²) >= 11 is 0. The van der Waals surface area contributed by atoms with Gasteiger partial charge in [0.1, 0.15) is 6.04 Å². The minimum absolute atomic E-state index is 0.351. The summed E-state index contributed by atoms with van der Waals surface area (Å²) in [4.78, 5) is 21.8. The maximum absolute atomic E-state index is 11.3. The number of carbonyl (C=O) groups is 2. The fraction of sp³-hybridized carbons (Fsp3) is 0.375. The molecule has 0 spiro atoms. The van der Waals surface area contributed by atoms with Gasteiger partial charge in [-0.05, 0) is 6.92 Å². The fourth-order valence-corrected chi connectivity index (χ4v) is 1.04. The second-order valence-electron chi connectivity index (χ2n) is 3.06. The Bertz CT molecular complexity index is 373. The highest BCUT2D eigenvalue weighted by atomic mass is 16.2. The van der Waals surface area contributed by atoms with E-state index in [4.69, 9.17) is 11.5 Å². The number of hydrogen-bond donors (Lipinski definition) is 3. The van der Waals surface area contributed by atoms with E-state index in [0.717, 1.165) is 5.56 Å². The van der Waals surface area contributed by atoms with Crippen LogP contribution in [0.4, 0.5) is 4.79 Å². The Morgan fingerprint density at radius 1 is 1.67 bits per heavy atom. The molecule has 0 saturated carbocycles. The first-order valence-corrected chi connectivity index (χ1v) is 4.38. The molecule has 0 aliphatic rings. The number of carbonyl (C=O) groups excluding carboxylic acids is 2. The molecule has 0 aliphatic heterocycles. The highest BCUT2D eigenvalue weighted by molar-refractivity contribution is 5.95. The van der Waals surface area contributed by atoms with Crippen molar-refractivity contribution < 1.29 is 9.59 Å². The molecule has 0 fully saturated rings. The minimum atomic E-state index is -0.877. The van der Waals surface area contributed by atoms with E-state index in [1.54, 1.807) is 19.3 Å². The number of primary amides is 1. The van der Waals surface area contributed by atoms with E-state index in [-0.39, 0.29) is 0 Å². The number of nitrogens with zero attached hydrogens (tertiary/aromatic N) is 2. The molecule has 15 heavy (non-hydrogen) atoms. The van der Waals surface area contributed by atoms with Gasteiger partial charge in [0, 0.05) is 18.3 Å². The Kier molecular flexibility index (Phi) is 3.40.